The Labute approximate surface area is 107 Å². The molecule has 0 unspecified atom stereocenters. The molecule has 0 atom stereocenters. The molecule has 0 aromatic carbocycles. The average molecular weight is 254 g/mol. The highest BCUT2D eigenvalue weighted by atomic mass is 32.1. The zero-order valence-electron chi connectivity index (χ0n) is 10.6. The van der Waals surface area contributed by atoms with E-state index >= 15 is 0 Å². The van der Waals surface area contributed by atoms with Crippen LogP contribution in [0.15, 0.2) is 12.4 Å². The van der Waals surface area contributed by atoms with Crippen molar-refractivity contribution in [1.82, 2.24) is 14.7 Å². The molecule has 5 nitrogen and oxygen atoms in total. The Morgan fingerprint density at radius 2 is 2.24 bits per heavy atom. The monoisotopic (exact) mass is 254 g/mol. The molecule has 0 saturated carbocycles. The van der Waals surface area contributed by atoms with E-state index in [9.17, 15) is 4.79 Å². The summed E-state index contributed by atoms with van der Waals surface area (Å²) in [7, 11) is 3.57. The van der Waals surface area contributed by atoms with Gasteiger partial charge in [0, 0.05) is 32.4 Å². The summed E-state index contributed by atoms with van der Waals surface area (Å²) in [6.07, 6.45) is 3.61. The number of amides is 1. The average Bonchev–Trinajstić information content (AvgIpc) is 2.62. The van der Waals surface area contributed by atoms with E-state index in [0.717, 1.165) is 5.56 Å². The minimum Gasteiger partial charge on any atom is -0.392 e. The van der Waals surface area contributed by atoms with E-state index in [-0.39, 0.29) is 10.9 Å². The summed E-state index contributed by atoms with van der Waals surface area (Å²) in [6, 6.07) is 0. The normalized spacial score (nSPS) is 11.3. The highest BCUT2D eigenvalue weighted by Crippen LogP contribution is 2.19. The first-order valence-electron chi connectivity index (χ1n) is 5.28. The van der Waals surface area contributed by atoms with Gasteiger partial charge >= 0.3 is 0 Å². The van der Waals surface area contributed by atoms with Gasteiger partial charge in [0.05, 0.1) is 16.6 Å². The fourth-order valence-electron chi connectivity index (χ4n) is 1.48. The minimum absolute atomic E-state index is 0.0890. The van der Waals surface area contributed by atoms with Gasteiger partial charge in [0.15, 0.2) is 0 Å². The van der Waals surface area contributed by atoms with Crippen LogP contribution in [0.2, 0.25) is 0 Å². The van der Waals surface area contributed by atoms with Gasteiger partial charge in [0.25, 0.3) is 0 Å². The summed E-state index contributed by atoms with van der Waals surface area (Å²) in [5.41, 5.74) is 5.73. The van der Waals surface area contributed by atoms with Crippen molar-refractivity contribution >= 4 is 23.1 Å². The van der Waals surface area contributed by atoms with Crippen molar-refractivity contribution in [1.29, 1.82) is 0 Å². The molecule has 1 heterocycles. The number of nitrogens with zero attached hydrogens (tertiary/aromatic N) is 3. The van der Waals surface area contributed by atoms with Crippen molar-refractivity contribution in [2.24, 2.45) is 18.2 Å². The van der Waals surface area contributed by atoms with Crippen LogP contribution in [-0.2, 0) is 18.4 Å². The number of aromatic nitrogens is 2. The van der Waals surface area contributed by atoms with Gasteiger partial charge in [-0.2, -0.15) is 5.10 Å². The maximum Gasteiger partial charge on any atom is 0.235 e. The van der Waals surface area contributed by atoms with Gasteiger partial charge in [-0.3, -0.25) is 9.48 Å². The smallest absolute Gasteiger partial charge is 0.235 e. The lowest BCUT2D eigenvalue weighted by atomic mass is 9.91. The van der Waals surface area contributed by atoms with Crippen LogP contribution >= 0.6 is 12.2 Å². The maximum absolute atomic E-state index is 12.1. The van der Waals surface area contributed by atoms with Gasteiger partial charge in [0.1, 0.15) is 0 Å². The van der Waals surface area contributed by atoms with Crippen LogP contribution in [0.4, 0.5) is 0 Å². The molecule has 1 amide bonds. The molecule has 0 fully saturated rings. The Kier molecular flexibility index (Phi) is 3.87. The molecule has 0 bridgehead atoms. The molecule has 0 saturated heterocycles. The number of hydrogen-bond donors (Lipinski definition) is 1. The third kappa shape index (κ3) is 3.03. The van der Waals surface area contributed by atoms with E-state index in [1.54, 1.807) is 36.7 Å². The van der Waals surface area contributed by atoms with Crippen molar-refractivity contribution in [2.75, 3.05) is 7.05 Å². The Balaban J connectivity index is 2.74. The van der Waals surface area contributed by atoms with Crippen molar-refractivity contribution < 1.29 is 4.79 Å². The van der Waals surface area contributed by atoms with Crippen LogP contribution in [0.5, 0.6) is 0 Å². The lowest BCUT2D eigenvalue weighted by molar-refractivity contribution is -0.136. The van der Waals surface area contributed by atoms with Crippen molar-refractivity contribution in [3.05, 3.63) is 18.0 Å². The number of hydrogen-bond acceptors (Lipinski definition) is 3. The molecule has 1 aromatic heterocycles. The summed E-state index contributed by atoms with van der Waals surface area (Å²) in [5, 5.41) is 4.05. The molecular formula is C11H18N4OS. The second-order valence-corrected chi connectivity index (χ2v) is 5.11. The Morgan fingerprint density at radius 3 is 2.65 bits per heavy atom. The Bertz CT molecular complexity index is 438. The molecule has 6 heteroatoms. The van der Waals surface area contributed by atoms with Crippen LogP contribution in [0, 0.1) is 5.41 Å². The summed E-state index contributed by atoms with van der Waals surface area (Å²) < 4.78 is 1.70. The topological polar surface area (TPSA) is 64.2 Å². The van der Waals surface area contributed by atoms with Crippen molar-refractivity contribution in [3.63, 3.8) is 0 Å². The largest absolute Gasteiger partial charge is 0.392 e. The second kappa shape index (κ2) is 4.83. The molecular weight excluding hydrogens is 236 g/mol. The first-order valence-corrected chi connectivity index (χ1v) is 5.69. The number of carbonyl (C=O) groups excluding carboxylic acids is 1. The second-order valence-electron chi connectivity index (χ2n) is 4.67. The first kappa shape index (κ1) is 13.6. The van der Waals surface area contributed by atoms with Gasteiger partial charge in [-0.15, -0.1) is 0 Å². The number of carbonyl (C=O) groups is 1. The molecule has 0 spiro atoms. The molecule has 0 aliphatic heterocycles. The first-order chi connectivity index (χ1) is 7.75. The fourth-order valence-corrected chi connectivity index (χ4v) is 1.57. The SMILES string of the molecule is CN(Cc1cnn(C)c1)C(=O)C(C)(C)C(N)=S. The van der Waals surface area contributed by atoms with E-state index < -0.39 is 5.41 Å². The molecule has 0 radical (unpaired) electrons. The van der Waals surface area contributed by atoms with Gasteiger partial charge in [-0.05, 0) is 13.8 Å². The standard InChI is InChI=1S/C11H18N4OS/c1-11(2,9(12)17)10(16)14(3)6-8-5-13-15(4)7-8/h5,7H,6H2,1-4H3,(H2,12,17). The third-order valence-corrected chi connectivity index (χ3v) is 3.19. The highest BCUT2D eigenvalue weighted by molar-refractivity contribution is 7.80. The summed E-state index contributed by atoms with van der Waals surface area (Å²) >= 11 is 4.91. The molecule has 0 aliphatic carbocycles. The third-order valence-electron chi connectivity index (χ3n) is 2.68. The van der Waals surface area contributed by atoms with Gasteiger partial charge in [0.2, 0.25) is 5.91 Å². The van der Waals surface area contributed by atoms with Crippen LogP contribution in [-0.4, -0.2) is 32.6 Å². The lowest BCUT2D eigenvalue weighted by Crippen LogP contribution is -2.45. The van der Waals surface area contributed by atoms with Crippen LogP contribution < -0.4 is 5.73 Å². The molecule has 1 rings (SSSR count). The van der Waals surface area contributed by atoms with E-state index in [0.29, 0.717) is 6.54 Å². The molecule has 1 aromatic rings. The summed E-state index contributed by atoms with van der Waals surface area (Å²) in [5.74, 6) is -0.0890. The van der Waals surface area contributed by atoms with Crippen molar-refractivity contribution in [3.8, 4) is 0 Å². The zero-order valence-corrected chi connectivity index (χ0v) is 11.4. The van der Waals surface area contributed by atoms with Crippen LogP contribution in [0.3, 0.4) is 0 Å². The predicted molar refractivity (Wildman–Crippen MR) is 70.2 cm³/mol. The number of thiocarbonyl (C=S) groups is 1. The maximum atomic E-state index is 12.1. The molecule has 17 heavy (non-hydrogen) atoms. The summed E-state index contributed by atoms with van der Waals surface area (Å²) in [6.45, 7) is 3.97. The number of aryl methyl sites for hydroxylation is 1. The van der Waals surface area contributed by atoms with Crippen LogP contribution in [0.25, 0.3) is 0 Å². The quantitative estimate of drug-likeness (QED) is 0.803. The van der Waals surface area contributed by atoms with Crippen LogP contribution in [0.1, 0.15) is 19.4 Å². The van der Waals surface area contributed by atoms with E-state index in [1.165, 1.54) is 0 Å². The van der Waals surface area contributed by atoms with E-state index in [4.69, 9.17) is 18.0 Å². The number of rotatable bonds is 4. The summed E-state index contributed by atoms with van der Waals surface area (Å²) in [4.78, 5) is 14.0. The molecule has 2 N–H and O–H groups in total. The van der Waals surface area contributed by atoms with E-state index in [2.05, 4.69) is 5.10 Å². The Hall–Kier alpha value is -1.43. The fraction of sp³-hybridized carbons (Fsp3) is 0.545. The minimum atomic E-state index is -0.813. The molecule has 94 valence electrons. The van der Waals surface area contributed by atoms with Gasteiger partial charge in [-0.25, -0.2) is 0 Å². The van der Waals surface area contributed by atoms with Gasteiger partial charge < -0.3 is 10.6 Å². The zero-order chi connectivity index (χ0) is 13.2. The predicted octanol–water partition coefficient (Wildman–Crippen LogP) is 0.691. The highest BCUT2D eigenvalue weighted by Gasteiger charge is 2.33. The lowest BCUT2D eigenvalue weighted by Gasteiger charge is -2.28. The van der Waals surface area contributed by atoms with E-state index in [1.807, 2.05) is 13.2 Å². The van der Waals surface area contributed by atoms with Crippen molar-refractivity contribution in [2.45, 2.75) is 20.4 Å². The van der Waals surface area contributed by atoms with Gasteiger partial charge in [-0.1, -0.05) is 12.2 Å². The number of nitrogens with two attached hydrogens (primary N) is 1. The molecule has 0 aliphatic rings. The Morgan fingerprint density at radius 1 is 1.65 bits per heavy atom.